The summed E-state index contributed by atoms with van der Waals surface area (Å²) in [4.78, 5) is 0. The molecule has 4 rings (SSSR count). The van der Waals surface area contributed by atoms with Crippen molar-refractivity contribution in [3.8, 4) is 5.75 Å². The van der Waals surface area contributed by atoms with Crippen LogP contribution >= 0.6 is 11.6 Å². The molecule has 1 aliphatic carbocycles. The van der Waals surface area contributed by atoms with Crippen LogP contribution in [0.5, 0.6) is 5.75 Å². The first-order chi connectivity index (χ1) is 15.5. The summed E-state index contributed by atoms with van der Waals surface area (Å²) in [6.45, 7) is 0.714. The number of rotatable bonds is 11. The molecule has 0 aromatic heterocycles. The average molecular weight is 465 g/mol. The first-order valence-corrected chi connectivity index (χ1v) is 11.2. The number of hydrogen-bond donors (Lipinski definition) is 4. The monoisotopic (exact) mass is 464 g/mol. The van der Waals surface area contributed by atoms with Gasteiger partial charge in [0.1, 0.15) is 30.2 Å². The van der Waals surface area contributed by atoms with Gasteiger partial charge in [-0.15, -0.1) is 0 Å². The zero-order chi connectivity index (χ0) is 22.7. The highest BCUT2D eigenvalue weighted by atomic mass is 35.5. The summed E-state index contributed by atoms with van der Waals surface area (Å²) in [6.07, 6.45) is -2.83. The van der Waals surface area contributed by atoms with Gasteiger partial charge in [-0.05, 0) is 41.3 Å². The summed E-state index contributed by atoms with van der Waals surface area (Å²) in [5.74, 6) is 1.89. The molecule has 7 nitrogen and oxygen atoms in total. The summed E-state index contributed by atoms with van der Waals surface area (Å²) in [5.41, 5.74) is 2.47. The molecule has 4 N–H and O–H groups in total. The topological polar surface area (TPSA) is 109 Å². The maximum absolute atomic E-state index is 10.4. The van der Waals surface area contributed by atoms with Crippen LogP contribution in [0.25, 0.3) is 0 Å². The van der Waals surface area contributed by atoms with Crippen LogP contribution < -0.4 is 4.74 Å². The third-order valence-electron chi connectivity index (χ3n) is 6.14. The predicted octanol–water partition coefficient (Wildman–Crippen LogP) is 1.72. The highest BCUT2D eigenvalue weighted by Crippen LogP contribution is 2.46. The van der Waals surface area contributed by atoms with Gasteiger partial charge in [0.2, 0.25) is 0 Å². The second-order valence-corrected chi connectivity index (χ2v) is 8.78. The molecule has 8 heteroatoms. The van der Waals surface area contributed by atoms with E-state index in [2.05, 4.69) is 0 Å². The first-order valence-electron chi connectivity index (χ1n) is 10.8. The van der Waals surface area contributed by atoms with E-state index in [1.807, 2.05) is 30.3 Å². The molecule has 2 aromatic rings. The Hall–Kier alpha value is -1.71. The molecular weight excluding hydrogens is 436 g/mol. The molecule has 0 spiro atoms. The molecule has 1 heterocycles. The Morgan fingerprint density at radius 3 is 2.41 bits per heavy atom. The van der Waals surface area contributed by atoms with Crippen molar-refractivity contribution in [2.45, 2.75) is 30.8 Å². The van der Waals surface area contributed by atoms with Gasteiger partial charge in [0.05, 0.1) is 33.0 Å². The summed E-state index contributed by atoms with van der Waals surface area (Å²) in [5, 5.41) is 39.1. The Balaban J connectivity index is 1.45. The van der Waals surface area contributed by atoms with E-state index in [9.17, 15) is 15.3 Å². The van der Waals surface area contributed by atoms with Crippen molar-refractivity contribution in [3.63, 3.8) is 0 Å². The Bertz CT molecular complexity index is 880. The lowest BCUT2D eigenvalue weighted by molar-refractivity contribution is -0.108. The molecule has 1 aliphatic heterocycles. The molecule has 0 amide bonds. The molecule has 2 aromatic carbocycles. The molecule has 5 atom stereocenters. The van der Waals surface area contributed by atoms with Gasteiger partial charge >= 0.3 is 0 Å². The maximum atomic E-state index is 10.4. The van der Waals surface area contributed by atoms with E-state index >= 15 is 0 Å². The fourth-order valence-electron chi connectivity index (χ4n) is 4.21. The van der Waals surface area contributed by atoms with Gasteiger partial charge in [0.25, 0.3) is 0 Å². The number of aliphatic hydroxyl groups excluding tert-OH is 4. The SMILES string of the molecule is OCCOC(c1ccc(Cl)c(Cc2ccc(OC3C4COCC43)cc2)c1)[C@H](O)[C@@H](O)CO. The van der Waals surface area contributed by atoms with Gasteiger partial charge in [0, 0.05) is 16.9 Å². The van der Waals surface area contributed by atoms with Gasteiger partial charge in [-0.2, -0.15) is 0 Å². The highest BCUT2D eigenvalue weighted by Gasteiger charge is 2.56. The average Bonchev–Trinajstić information content (AvgIpc) is 3.21. The van der Waals surface area contributed by atoms with E-state index in [0.29, 0.717) is 28.8 Å². The van der Waals surface area contributed by atoms with E-state index in [1.54, 1.807) is 12.1 Å². The van der Waals surface area contributed by atoms with Crippen molar-refractivity contribution >= 4 is 11.6 Å². The number of aliphatic hydroxyl groups is 4. The molecule has 3 unspecified atom stereocenters. The quantitative estimate of drug-likeness (QED) is 0.401. The zero-order valence-corrected chi connectivity index (χ0v) is 18.4. The fraction of sp³-hybridized carbons (Fsp3) is 0.500. The number of benzene rings is 2. The highest BCUT2D eigenvalue weighted by molar-refractivity contribution is 6.31. The van der Waals surface area contributed by atoms with Crippen molar-refractivity contribution in [1.82, 2.24) is 0 Å². The molecule has 174 valence electrons. The summed E-state index contributed by atoms with van der Waals surface area (Å²) >= 11 is 6.42. The van der Waals surface area contributed by atoms with Gasteiger partial charge in [-0.3, -0.25) is 0 Å². The third kappa shape index (κ3) is 5.26. The summed E-state index contributed by atoms with van der Waals surface area (Å²) < 4.78 is 17.0. The third-order valence-corrected chi connectivity index (χ3v) is 6.51. The normalized spacial score (nSPS) is 24.6. The van der Waals surface area contributed by atoms with Crippen molar-refractivity contribution < 1.29 is 34.6 Å². The minimum atomic E-state index is -1.37. The van der Waals surface area contributed by atoms with Gasteiger partial charge < -0.3 is 34.6 Å². The van der Waals surface area contributed by atoms with E-state index < -0.39 is 24.9 Å². The van der Waals surface area contributed by atoms with Crippen LogP contribution in [-0.4, -0.2) is 71.8 Å². The number of hydrogen-bond acceptors (Lipinski definition) is 7. The van der Waals surface area contributed by atoms with Crippen LogP contribution in [0.3, 0.4) is 0 Å². The standard InChI is InChI=1S/C24H29ClO7/c25-20-6-3-15(23(31-8-7-26)22(29)21(28)11-27)10-16(20)9-14-1-4-17(5-2-14)32-24-18-12-30-13-19(18)24/h1-6,10,18-19,21-24,26-29H,7-9,11-13H2/t18?,19?,21-,22+,23?,24?/m0/s1. The van der Waals surface area contributed by atoms with Crippen LogP contribution in [-0.2, 0) is 15.9 Å². The lowest BCUT2D eigenvalue weighted by Gasteiger charge is -2.27. The smallest absolute Gasteiger partial charge is 0.119 e. The zero-order valence-electron chi connectivity index (χ0n) is 17.6. The molecular formula is C24H29ClO7. The molecule has 1 saturated carbocycles. The molecule has 0 bridgehead atoms. The van der Waals surface area contributed by atoms with E-state index in [1.165, 1.54) is 0 Å². The van der Waals surface area contributed by atoms with Gasteiger partial charge in [-0.25, -0.2) is 0 Å². The van der Waals surface area contributed by atoms with E-state index in [0.717, 1.165) is 30.1 Å². The lowest BCUT2D eigenvalue weighted by Crippen LogP contribution is -2.36. The number of fused-ring (bicyclic) bond motifs is 1. The van der Waals surface area contributed by atoms with Crippen LogP contribution in [0.2, 0.25) is 5.02 Å². The van der Waals surface area contributed by atoms with E-state index in [4.69, 9.17) is 30.9 Å². The Labute approximate surface area is 192 Å². The minimum absolute atomic E-state index is 0.0197. The Morgan fingerprint density at radius 2 is 1.75 bits per heavy atom. The van der Waals surface area contributed by atoms with Crippen LogP contribution in [0.1, 0.15) is 22.8 Å². The molecule has 2 fully saturated rings. The second-order valence-electron chi connectivity index (χ2n) is 8.37. The largest absolute Gasteiger partial charge is 0.490 e. The number of ether oxygens (including phenoxy) is 3. The van der Waals surface area contributed by atoms with Crippen LogP contribution in [0.4, 0.5) is 0 Å². The lowest BCUT2D eigenvalue weighted by atomic mass is 9.96. The summed E-state index contributed by atoms with van der Waals surface area (Å²) in [7, 11) is 0. The molecule has 32 heavy (non-hydrogen) atoms. The van der Waals surface area contributed by atoms with E-state index in [-0.39, 0.29) is 19.3 Å². The Kier molecular flexibility index (Phi) is 7.68. The second kappa shape index (κ2) is 10.5. The van der Waals surface area contributed by atoms with Crippen molar-refractivity contribution in [3.05, 3.63) is 64.2 Å². The van der Waals surface area contributed by atoms with Gasteiger partial charge in [0.15, 0.2) is 0 Å². The van der Waals surface area contributed by atoms with Crippen molar-refractivity contribution in [2.24, 2.45) is 11.8 Å². The molecule has 1 saturated heterocycles. The fourth-order valence-corrected chi connectivity index (χ4v) is 4.40. The van der Waals surface area contributed by atoms with Crippen LogP contribution in [0, 0.1) is 11.8 Å². The molecule has 0 radical (unpaired) electrons. The maximum Gasteiger partial charge on any atom is 0.119 e. The van der Waals surface area contributed by atoms with Crippen LogP contribution in [0.15, 0.2) is 42.5 Å². The molecule has 2 aliphatic rings. The Morgan fingerprint density at radius 1 is 1.03 bits per heavy atom. The van der Waals surface area contributed by atoms with Gasteiger partial charge in [-0.1, -0.05) is 35.9 Å². The van der Waals surface area contributed by atoms with Crippen molar-refractivity contribution in [1.29, 1.82) is 0 Å². The van der Waals surface area contributed by atoms with Crippen molar-refractivity contribution in [2.75, 3.05) is 33.0 Å². The predicted molar refractivity (Wildman–Crippen MR) is 118 cm³/mol. The first kappa shape index (κ1) is 23.4. The minimum Gasteiger partial charge on any atom is -0.490 e. The summed E-state index contributed by atoms with van der Waals surface area (Å²) in [6, 6.07) is 13.1. The number of halogens is 1.